The van der Waals surface area contributed by atoms with Crippen molar-refractivity contribution < 1.29 is 0 Å². The van der Waals surface area contributed by atoms with Crippen LogP contribution in [0, 0.1) is 0 Å². The molecule has 0 aromatic heterocycles. The summed E-state index contributed by atoms with van der Waals surface area (Å²) in [7, 11) is 0. The smallest absolute Gasteiger partial charge is 0.0468 e. The van der Waals surface area contributed by atoms with E-state index in [9.17, 15) is 0 Å². The standard InChI is InChI=1S/C62H47N/c1-62(2,3)47-33-35-48(36-34-47)63(49-28-17-27-46(39-49)52-32-18-26-42-23-13-14-29-51(42)52)50-37-38-55-58(40-50)53-30-15-16-31-54(53)60-57(44-21-9-5-10-22-44)41-56(43-19-7-4-8-20-43)59(61(55)60)45-24-11-6-12-25-45/h4-41H,1-3H3. The fourth-order valence-corrected chi connectivity index (χ4v) is 9.72. The first kappa shape index (κ1) is 38.2. The van der Waals surface area contributed by atoms with E-state index >= 15 is 0 Å². The first-order valence-corrected chi connectivity index (χ1v) is 22.0. The van der Waals surface area contributed by atoms with E-state index in [1.54, 1.807) is 0 Å². The van der Waals surface area contributed by atoms with Gasteiger partial charge in [0.2, 0.25) is 0 Å². The van der Waals surface area contributed by atoms with Crippen molar-refractivity contribution in [2.75, 3.05) is 4.90 Å². The number of anilines is 3. The summed E-state index contributed by atoms with van der Waals surface area (Å²) >= 11 is 0. The Morgan fingerprint density at radius 3 is 1.52 bits per heavy atom. The molecule has 0 aliphatic carbocycles. The molecule has 0 unspecified atom stereocenters. The zero-order valence-corrected chi connectivity index (χ0v) is 35.9. The zero-order chi connectivity index (χ0) is 42.5. The van der Waals surface area contributed by atoms with E-state index in [-0.39, 0.29) is 5.41 Å². The predicted octanol–water partition coefficient (Wildman–Crippen LogP) is 17.7. The molecule has 0 radical (unpaired) electrons. The number of hydrogen-bond donors (Lipinski definition) is 0. The average Bonchev–Trinajstić information content (AvgIpc) is 3.34. The molecule has 63 heavy (non-hydrogen) atoms. The molecule has 1 nitrogen and oxygen atoms in total. The molecule has 0 spiro atoms. The Kier molecular flexibility index (Phi) is 9.47. The summed E-state index contributed by atoms with van der Waals surface area (Å²) in [5, 5.41) is 9.96. The predicted molar refractivity (Wildman–Crippen MR) is 272 cm³/mol. The van der Waals surface area contributed by atoms with E-state index in [4.69, 9.17) is 0 Å². The third kappa shape index (κ3) is 6.83. The van der Waals surface area contributed by atoms with Gasteiger partial charge in [-0.2, -0.15) is 0 Å². The van der Waals surface area contributed by atoms with Crippen LogP contribution >= 0.6 is 0 Å². The highest BCUT2D eigenvalue weighted by Gasteiger charge is 2.23. The van der Waals surface area contributed by atoms with Gasteiger partial charge < -0.3 is 4.90 Å². The Morgan fingerprint density at radius 2 is 0.825 bits per heavy atom. The lowest BCUT2D eigenvalue weighted by molar-refractivity contribution is 0.590. The van der Waals surface area contributed by atoms with Crippen molar-refractivity contribution in [2.24, 2.45) is 0 Å². The van der Waals surface area contributed by atoms with Crippen LogP contribution in [-0.4, -0.2) is 0 Å². The zero-order valence-electron chi connectivity index (χ0n) is 35.9. The largest absolute Gasteiger partial charge is 0.310 e. The molecule has 11 rings (SSSR count). The minimum Gasteiger partial charge on any atom is -0.310 e. The molecule has 11 aromatic rings. The molecule has 11 aromatic carbocycles. The first-order valence-electron chi connectivity index (χ1n) is 22.0. The van der Waals surface area contributed by atoms with Crippen molar-refractivity contribution in [2.45, 2.75) is 26.2 Å². The molecule has 1 heteroatoms. The van der Waals surface area contributed by atoms with Crippen LogP contribution in [0.4, 0.5) is 17.1 Å². The van der Waals surface area contributed by atoms with Crippen LogP contribution in [0.25, 0.3) is 87.6 Å². The van der Waals surface area contributed by atoms with Crippen LogP contribution in [0.5, 0.6) is 0 Å². The molecule has 0 fully saturated rings. The average molecular weight is 806 g/mol. The summed E-state index contributed by atoms with van der Waals surface area (Å²) in [6, 6.07) is 85.0. The number of hydrogen-bond acceptors (Lipinski definition) is 1. The van der Waals surface area contributed by atoms with Gasteiger partial charge in [0.1, 0.15) is 0 Å². The number of rotatable bonds is 7. The Labute approximate surface area is 370 Å². The molecule has 0 saturated carbocycles. The lowest BCUT2D eigenvalue weighted by atomic mass is 9.81. The highest BCUT2D eigenvalue weighted by Crippen LogP contribution is 2.50. The Morgan fingerprint density at radius 1 is 0.302 bits per heavy atom. The van der Waals surface area contributed by atoms with Gasteiger partial charge in [0.25, 0.3) is 0 Å². The van der Waals surface area contributed by atoms with E-state index < -0.39 is 0 Å². The van der Waals surface area contributed by atoms with Gasteiger partial charge in [-0.15, -0.1) is 0 Å². The second kappa shape index (κ2) is 15.6. The van der Waals surface area contributed by atoms with Crippen LogP contribution in [0.15, 0.2) is 231 Å². The van der Waals surface area contributed by atoms with Crippen LogP contribution < -0.4 is 4.90 Å². The summed E-state index contributed by atoms with van der Waals surface area (Å²) in [6.07, 6.45) is 0. The van der Waals surface area contributed by atoms with Crippen molar-refractivity contribution in [1.82, 2.24) is 0 Å². The fourth-order valence-electron chi connectivity index (χ4n) is 9.72. The topological polar surface area (TPSA) is 3.24 Å². The van der Waals surface area contributed by atoms with E-state index in [2.05, 4.69) is 256 Å². The van der Waals surface area contributed by atoms with Gasteiger partial charge in [-0.3, -0.25) is 0 Å². The maximum absolute atomic E-state index is 2.44. The minimum absolute atomic E-state index is 0.0359. The minimum atomic E-state index is 0.0359. The lowest BCUT2D eigenvalue weighted by Crippen LogP contribution is -2.13. The van der Waals surface area contributed by atoms with Gasteiger partial charge in [-0.05, 0) is 141 Å². The van der Waals surface area contributed by atoms with Crippen molar-refractivity contribution >= 4 is 60.2 Å². The molecule has 300 valence electrons. The molecule has 0 N–H and O–H groups in total. The molecular weight excluding hydrogens is 759 g/mol. The van der Waals surface area contributed by atoms with Crippen molar-refractivity contribution in [3.8, 4) is 44.5 Å². The molecule has 0 aliphatic rings. The van der Waals surface area contributed by atoms with Crippen LogP contribution in [0.1, 0.15) is 26.3 Å². The van der Waals surface area contributed by atoms with E-state index in [0.29, 0.717) is 0 Å². The number of fused-ring (bicyclic) bond motifs is 7. The molecular formula is C62H47N. The Balaban J connectivity index is 1.23. The van der Waals surface area contributed by atoms with Crippen LogP contribution in [-0.2, 0) is 5.41 Å². The lowest BCUT2D eigenvalue weighted by Gasteiger charge is -2.28. The van der Waals surface area contributed by atoms with E-state index in [1.165, 1.54) is 93.2 Å². The van der Waals surface area contributed by atoms with Gasteiger partial charge in [-0.1, -0.05) is 209 Å². The van der Waals surface area contributed by atoms with Gasteiger partial charge >= 0.3 is 0 Å². The summed E-state index contributed by atoms with van der Waals surface area (Å²) in [5.74, 6) is 0. The SMILES string of the molecule is CC(C)(C)c1ccc(N(c2cccc(-c3cccc4ccccc34)c2)c2ccc3c(c2)c2ccccc2c2c(-c4ccccc4)cc(-c4ccccc4)c(-c4ccccc4)c32)cc1. The normalized spacial score (nSPS) is 11.7. The van der Waals surface area contributed by atoms with Crippen molar-refractivity contribution in [3.63, 3.8) is 0 Å². The van der Waals surface area contributed by atoms with Gasteiger partial charge in [-0.25, -0.2) is 0 Å². The second-order valence-electron chi connectivity index (χ2n) is 17.7. The second-order valence-corrected chi connectivity index (χ2v) is 17.7. The Hall–Kier alpha value is -7.74. The van der Waals surface area contributed by atoms with Gasteiger partial charge in [0.05, 0.1) is 0 Å². The highest BCUT2D eigenvalue weighted by molar-refractivity contribution is 6.33. The summed E-state index contributed by atoms with van der Waals surface area (Å²) in [6.45, 7) is 6.84. The number of benzene rings is 11. The van der Waals surface area contributed by atoms with Gasteiger partial charge in [0, 0.05) is 17.1 Å². The third-order valence-corrected chi connectivity index (χ3v) is 12.8. The molecule has 0 amide bonds. The quantitative estimate of drug-likeness (QED) is 0.145. The third-order valence-electron chi connectivity index (χ3n) is 12.8. The van der Waals surface area contributed by atoms with Crippen molar-refractivity contribution in [1.29, 1.82) is 0 Å². The van der Waals surface area contributed by atoms with E-state index in [1.807, 2.05) is 0 Å². The molecule has 0 heterocycles. The maximum Gasteiger partial charge on any atom is 0.0468 e. The molecule has 0 aliphatic heterocycles. The summed E-state index contributed by atoms with van der Waals surface area (Å²) in [4.78, 5) is 2.44. The van der Waals surface area contributed by atoms with Crippen LogP contribution in [0.3, 0.4) is 0 Å². The molecule has 0 atom stereocenters. The summed E-state index contributed by atoms with van der Waals surface area (Å²) < 4.78 is 0. The van der Waals surface area contributed by atoms with Gasteiger partial charge in [0.15, 0.2) is 0 Å². The fraction of sp³-hybridized carbons (Fsp3) is 0.0645. The summed E-state index contributed by atoms with van der Waals surface area (Å²) in [5.41, 5.74) is 14.4. The maximum atomic E-state index is 2.44. The molecule has 0 saturated heterocycles. The van der Waals surface area contributed by atoms with Crippen molar-refractivity contribution in [3.05, 3.63) is 236 Å². The van der Waals surface area contributed by atoms with Crippen LogP contribution in [0.2, 0.25) is 0 Å². The first-order chi connectivity index (χ1) is 30.9. The monoisotopic (exact) mass is 805 g/mol. The Bertz CT molecular complexity index is 3450. The number of nitrogens with zero attached hydrogens (tertiary/aromatic N) is 1. The highest BCUT2D eigenvalue weighted by atomic mass is 15.1. The van der Waals surface area contributed by atoms with E-state index in [0.717, 1.165) is 17.1 Å². The molecule has 0 bridgehead atoms.